The van der Waals surface area contributed by atoms with E-state index in [1.165, 1.54) is 12.5 Å². The molecule has 0 rings (SSSR count). The van der Waals surface area contributed by atoms with E-state index in [9.17, 15) is 0 Å². The first-order valence-electron chi connectivity index (χ1n) is 6.93. The molecule has 1 atom stereocenters. The van der Waals surface area contributed by atoms with Crippen LogP contribution >= 0.6 is 0 Å². The van der Waals surface area contributed by atoms with Gasteiger partial charge in [0.15, 0.2) is 16.6 Å². The Bertz CT molecular complexity index is 251. The summed E-state index contributed by atoms with van der Waals surface area (Å²) in [7, 11) is -6.59. The molecule has 3 nitrogen and oxygen atoms in total. The van der Waals surface area contributed by atoms with E-state index in [4.69, 9.17) is 12.3 Å². The summed E-state index contributed by atoms with van der Waals surface area (Å²) in [6, 6.07) is 1.21. The van der Waals surface area contributed by atoms with Crippen molar-refractivity contribution in [3.05, 3.63) is 0 Å². The van der Waals surface area contributed by atoms with Crippen molar-refractivity contribution in [2.75, 3.05) is 0 Å². The highest BCUT2D eigenvalue weighted by Gasteiger charge is 2.36. The van der Waals surface area contributed by atoms with E-state index >= 15 is 0 Å². The lowest BCUT2D eigenvalue weighted by molar-refractivity contribution is 0.350. The Labute approximate surface area is 119 Å². The van der Waals surface area contributed by atoms with Crippen LogP contribution in [0.4, 0.5) is 0 Å². The standard InChI is InChI=1S/C11H32O3Si4/c1-10-11-17(6,7)14-18(8,9)13-15(2)12-16(3,4)5/h15H,10-11H2,1-9H3. The number of hydrogen-bond acceptors (Lipinski definition) is 3. The average Bonchev–Trinajstić information content (AvgIpc) is 1.93. The van der Waals surface area contributed by atoms with E-state index in [1.54, 1.807) is 0 Å². The molecule has 0 saturated carbocycles. The molecule has 1 unspecified atom stereocenters. The molecule has 0 aromatic heterocycles. The Morgan fingerprint density at radius 1 is 0.889 bits per heavy atom. The monoisotopic (exact) mass is 324 g/mol. The summed E-state index contributed by atoms with van der Waals surface area (Å²) in [5.74, 6) is 0. The minimum Gasteiger partial charge on any atom is -0.439 e. The molecular weight excluding hydrogens is 292 g/mol. The van der Waals surface area contributed by atoms with Gasteiger partial charge in [-0.3, -0.25) is 0 Å². The van der Waals surface area contributed by atoms with E-state index < -0.39 is 34.5 Å². The van der Waals surface area contributed by atoms with Crippen molar-refractivity contribution in [3.8, 4) is 0 Å². The van der Waals surface area contributed by atoms with Crippen LogP contribution in [0, 0.1) is 0 Å². The van der Waals surface area contributed by atoms with Gasteiger partial charge in [0, 0.05) is 0 Å². The molecule has 0 bridgehead atoms. The molecule has 0 radical (unpaired) electrons. The third-order valence-corrected chi connectivity index (χ3v) is 16.0. The normalized spacial score (nSPS) is 15.8. The van der Waals surface area contributed by atoms with Crippen molar-refractivity contribution < 1.29 is 12.3 Å². The molecule has 0 aromatic carbocycles. The van der Waals surface area contributed by atoms with Crippen molar-refractivity contribution in [3.63, 3.8) is 0 Å². The molecule has 7 heteroatoms. The third kappa shape index (κ3) is 9.65. The predicted octanol–water partition coefficient (Wildman–Crippen LogP) is 4.04. The molecule has 18 heavy (non-hydrogen) atoms. The van der Waals surface area contributed by atoms with E-state index in [0.29, 0.717) is 0 Å². The van der Waals surface area contributed by atoms with E-state index in [-0.39, 0.29) is 0 Å². The van der Waals surface area contributed by atoms with Crippen LogP contribution in [0.15, 0.2) is 0 Å². The zero-order chi connectivity index (χ0) is 14.6. The Balaban J connectivity index is 4.38. The van der Waals surface area contributed by atoms with Gasteiger partial charge in [-0.05, 0) is 58.4 Å². The molecule has 0 spiro atoms. The Morgan fingerprint density at radius 2 is 1.39 bits per heavy atom. The topological polar surface area (TPSA) is 27.7 Å². The van der Waals surface area contributed by atoms with Crippen molar-refractivity contribution in [2.45, 2.75) is 71.8 Å². The maximum atomic E-state index is 6.38. The van der Waals surface area contributed by atoms with E-state index in [2.05, 4.69) is 59.3 Å². The molecule has 0 aliphatic rings. The Morgan fingerprint density at radius 3 is 1.78 bits per heavy atom. The zero-order valence-corrected chi connectivity index (χ0v) is 17.9. The highest BCUT2D eigenvalue weighted by Crippen LogP contribution is 2.21. The fraction of sp³-hybridized carbons (Fsp3) is 1.00. The number of rotatable bonds is 8. The third-order valence-electron chi connectivity index (χ3n) is 2.34. The van der Waals surface area contributed by atoms with Crippen LogP contribution in [0.2, 0.25) is 58.4 Å². The maximum Gasteiger partial charge on any atom is 0.312 e. The van der Waals surface area contributed by atoms with Gasteiger partial charge in [0.05, 0.1) is 0 Å². The van der Waals surface area contributed by atoms with Crippen LogP contribution in [0.1, 0.15) is 13.3 Å². The lowest BCUT2D eigenvalue weighted by atomic mass is 10.6. The Kier molecular flexibility index (Phi) is 7.25. The molecule has 0 amide bonds. The van der Waals surface area contributed by atoms with Gasteiger partial charge in [0.1, 0.15) is 0 Å². The Hall–Kier alpha value is 0.748. The molecule has 0 saturated heterocycles. The lowest BCUT2D eigenvalue weighted by Crippen LogP contribution is -2.50. The summed E-state index contributed by atoms with van der Waals surface area (Å²) < 4.78 is 18.6. The zero-order valence-electron chi connectivity index (χ0n) is 13.7. The summed E-state index contributed by atoms with van der Waals surface area (Å²) in [6.45, 7) is 19.9. The van der Waals surface area contributed by atoms with E-state index in [0.717, 1.165) is 0 Å². The minimum atomic E-state index is -2.02. The van der Waals surface area contributed by atoms with Gasteiger partial charge in [0.25, 0.3) is 9.28 Å². The number of hydrogen-bond donors (Lipinski definition) is 0. The van der Waals surface area contributed by atoms with Crippen LogP contribution in [0.3, 0.4) is 0 Å². The van der Waals surface area contributed by atoms with Crippen molar-refractivity contribution >= 4 is 34.5 Å². The summed E-state index contributed by atoms with van der Waals surface area (Å²) in [6.07, 6.45) is 1.20. The molecular formula is C11H32O3Si4. The van der Waals surface area contributed by atoms with Crippen LogP contribution in [0.25, 0.3) is 0 Å². The SMILES string of the molecule is CCC[Si](C)(C)O[Si](C)(C)O[SiH](C)O[Si](C)(C)C. The fourth-order valence-electron chi connectivity index (χ4n) is 2.26. The van der Waals surface area contributed by atoms with Gasteiger partial charge in [-0.1, -0.05) is 13.3 Å². The first-order valence-corrected chi connectivity index (χ1v) is 18.4. The van der Waals surface area contributed by atoms with Gasteiger partial charge in [0.2, 0.25) is 0 Å². The minimum absolute atomic E-state index is 1.20. The van der Waals surface area contributed by atoms with Crippen LogP contribution in [-0.4, -0.2) is 34.5 Å². The molecule has 0 aromatic rings. The summed E-state index contributed by atoms with van der Waals surface area (Å²) in [5.41, 5.74) is 0. The van der Waals surface area contributed by atoms with Crippen LogP contribution in [-0.2, 0) is 12.3 Å². The van der Waals surface area contributed by atoms with Gasteiger partial charge >= 0.3 is 8.56 Å². The fourth-order valence-corrected chi connectivity index (χ4v) is 17.6. The molecule has 0 fully saturated rings. The molecule has 110 valence electrons. The molecule has 0 aliphatic carbocycles. The quantitative estimate of drug-likeness (QED) is 0.631. The van der Waals surface area contributed by atoms with Gasteiger partial charge < -0.3 is 12.3 Å². The van der Waals surface area contributed by atoms with Crippen molar-refractivity contribution in [1.82, 2.24) is 0 Å². The molecule has 0 aliphatic heterocycles. The second kappa shape index (κ2) is 6.96. The van der Waals surface area contributed by atoms with E-state index in [1.807, 2.05) is 0 Å². The largest absolute Gasteiger partial charge is 0.439 e. The molecule has 0 heterocycles. The average molecular weight is 325 g/mol. The maximum absolute atomic E-state index is 6.38. The summed E-state index contributed by atoms with van der Waals surface area (Å²) in [4.78, 5) is 0. The van der Waals surface area contributed by atoms with Crippen molar-refractivity contribution in [1.29, 1.82) is 0 Å². The second-order valence-corrected chi connectivity index (χ2v) is 21.8. The lowest BCUT2D eigenvalue weighted by Gasteiger charge is -2.36. The summed E-state index contributed by atoms with van der Waals surface area (Å²) in [5, 5.41) is 0. The summed E-state index contributed by atoms with van der Waals surface area (Å²) >= 11 is 0. The first kappa shape index (κ1) is 18.7. The van der Waals surface area contributed by atoms with Crippen LogP contribution in [0.5, 0.6) is 0 Å². The van der Waals surface area contributed by atoms with Gasteiger partial charge in [-0.15, -0.1) is 0 Å². The predicted molar refractivity (Wildman–Crippen MR) is 89.7 cm³/mol. The molecule has 0 N–H and O–H groups in total. The highest BCUT2D eigenvalue weighted by atomic mass is 28.5. The second-order valence-electron chi connectivity index (χ2n) is 6.93. The van der Waals surface area contributed by atoms with Crippen molar-refractivity contribution in [2.24, 2.45) is 0 Å². The first-order chi connectivity index (χ1) is 7.87. The van der Waals surface area contributed by atoms with Crippen LogP contribution < -0.4 is 0 Å². The smallest absolute Gasteiger partial charge is 0.312 e. The highest BCUT2D eigenvalue weighted by molar-refractivity contribution is 6.85. The van der Waals surface area contributed by atoms with Gasteiger partial charge in [-0.2, -0.15) is 0 Å². The van der Waals surface area contributed by atoms with Gasteiger partial charge in [-0.25, -0.2) is 0 Å².